The Balaban J connectivity index is 2.37. The first kappa shape index (κ1) is 12.9. The molecule has 0 bridgehead atoms. The predicted octanol–water partition coefficient (Wildman–Crippen LogP) is 3.05. The molecule has 2 atom stereocenters. The van der Waals surface area contributed by atoms with Crippen LogP contribution < -0.4 is 0 Å². The van der Waals surface area contributed by atoms with E-state index in [0.29, 0.717) is 6.42 Å². The van der Waals surface area contributed by atoms with Crippen molar-refractivity contribution in [2.24, 2.45) is 5.41 Å². The lowest BCUT2D eigenvalue weighted by Gasteiger charge is -2.39. The van der Waals surface area contributed by atoms with Crippen LogP contribution in [0.3, 0.4) is 0 Å². The van der Waals surface area contributed by atoms with E-state index in [2.05, 4.69) is 5.92 Å². The van der Waals surface area contributed by atoms with Gasteiger partial charge in [-0.25, -0.2) is 0 Å². The minimum atomic E-state index is -0.525. The molecule has 18 heavy (non-hydrogen) atoms. The Kier molecular flexibility index (Phi) is 3.28. The number of aryl methyl sites for hydroxylation is 1. The molecule has 1 aliphatic rings. The summed E-state index contributed by atoms with van der Waals surface area (Å²) in [7, 11) is 0. The molecule has 0 spiro atoms. The zero-order chi connectivity index (χ0) is 13.3. The van der Waals surface area contributed by atoms with Crippen LogP contribution in [0.5, 0.6) is 0 Å². The summed E-state index contributed by atoms with van der Waals surface area (Å²) in [5.74, 6) is 2.71. The van der Waals surface area contributed by atoms with Gasteiger partial charge in [-0.15, -0.1) is 6.42 Å². The molecule has 0 unspecified atom stereocenters. The van der Waals surface area contributed by atoms with Gasteiger partial charge in [-0.05, 0) is 12.5 Å². The van der Waals surface area contributed by atoms with Gasteiger partial charge in [0, 0.05) is 6.42 Å². The second-order valence-electron chi connectivity index (χ2n) is 5.43. The van der Waals surface area contributed by atoms with Crippen LogP contribution in [0.15, 0.2) is 24.3 Å². The molecule has 0 amide bonds. The van der Waals surface area contributed by atoms with E-state index in [1.54, 1.807) is 0 Å². The van der Waals surface area contributed by atoms with Gasteiger partial charge >= 0.3 is 0 Å². The molecule has 2 rings (SSSR count). The number of rotatable bonds is 1. The van der Waals surface area contributed by atoms with Gasteiger partial charge in [0.15, 0.2) is 0 Å². The van der Waals surface area contributed by atoms with Crippen LogP contribution in [0.1, 0.15) is 37.5 Å². The van der Waals surface area contributed by atoms with Gasteiger partial charge in [0.05, 0.1) is 11.5 Å². The first-order valence-electron chi connectivity index (χ1n) is 6.16. The van der Waals surface area contributed by atoms with Crippen LogP contribution in [-0.4, -0.2) is 11.9 Å². The topological polar surface area (TPSA) is 26.3 Å². The fourth-order valence-electron chi connectivity index (χ4n) is 2.29. The zero-order valence-electron chi connectivity index (χ0n) is 11.1. The summed E-state index contributed by atoms with van der Waals surface area (Å²) in [5.41, 5.74) is 1.67. The highest BCUT2D eigenvalue weighted by molar-refractivity contribution is 5.86. The average molecular weight is 242 g/mol. The van der Waals surface area contributed by atoms with Crippen molar-refractivity contribution in [3.63, 3.8) is 0 Å². The van der Waals surface area contributed by atoms with Gasteiger partial charge in [0.25, 0.3) is 0 Å². The van der Waals surface area contributed by atoms with Crippen LogP contribution in [0.25, 0.3) is 0 Å². The van der Waals surface area contributed by atoms with Crippen LogP contribution >= 0.6 is 0 Å². The third kappa shape index (κ3) is 2.19. The summed E-state index contributed by atoms with van der Waals surface area (Å²) in [6.07, 6.45) is 5.03. The van der Waals surface area contributed by atoms with Crippen molar-refractivity contribution in [1.29, 1.82) is 0 Å². The molecule has 0 aromatic heterocycles. The number of Topliss-reactive ketones (excluding diaryl/α,β-unsaturated/α-hetero) is 1. The third-order valence-corrected chi connectivity index (χ3v) is 3.61. The lowest BCUT2D eigenvalue weighted by molar-refractivity contribution is -0.154. The van der Waals surface area contributed by atoms with E-state index in [0.717, 1.165) is 5.56 Å². The summed E-state index contributed by atoms with van der Waals surface area (Å²) >= 11 is 0. The van der Waals surface area contributed by atoms with Gasteiger partial charge in [-0.1, -0.05) is 49.6 Å². The molecule has 1 aromatic rings. The number of ketones is 1. The Hall–Kier alpha value is -1.59. The maximum Gasteiger partial charge on any atom is 0.145 e. The monoisotopic (exact) mass is 242 g/mol. The van der Waals surface area contributed by atoms with Gasteiger partial charge in [0.1, 0.15) is 11.9 Å². The van der Waals surface area contributed by atoms with E-state index in [9.17, 15) is 4.79 Å². The molecule has 94 valence electrons. The lowest BCUT2D eigenvalue weighted by atomic mass is 9.75. The minimum absolute atomic E-state index is 0.169. The minimum Gasteiger partial charge on any atom is -0.356 e. The SMILES string of the molecule is C#C[C@H]1CC(=O)C(C)(C)[C@@H](c2ccc(C)cc2)O1. The van der Waals surface area contributed by atoms with Gasteiger partial charge in [0.2, 0.25) is 0 Å². The molecular formula is C16H18O2. The maximum absolute atomic E-state index is 12.2. The fraction of sp³-hybridized carbons (Fsp3) is 0.438. The highest BCUT2D eigenvalue weighted by atomic mass is 16.5. The molecule has 1 fully saturated rings. The number of hydrogen-bond acceptors (Lipinski definition) is 2. The second kappa shape index (κ2) is 4.59. The molecule has 1 aliphatic heterocycles. The zero-order valence-corrected chi connectivity index (χ0v) is 11.1. The normalized spacial score (nSPS) is 26.7. The average Bonchev–Trinajstić information content (AvgIpc) is 2.34. The van der Waals surface area contributed by atoms with E-state index < -0.39 is 11.5 Å². The molecule has 1 aromatic carbocycles. The molecule has 2 nitrogen and oxygen atoms in total. The quantitative estimate of drug-likeness (QED) is 0.707. The molecule has 0 radical (unpaired) electrons. The summed E-state index contributed by atoms with van der Waals surface area (Å²) in [6.45, 7) is 5.88. The molecule has 0 saturated carbocycles. The van der Waals surface area contributed by atoms with Crippen molar-refractivity contribution in [3.05, 3.63) is 35.4 Å². The number of terminal acetylenes is 1. The van der Waals surface area contributed by atoms with Crippen LogP contribution in [0, 0.1) is 24.7 Å². The van der Waals surface area contributed by atoms with Crippen molar-refractivity contribution in [1.82, 2.24) is 0 Å². The van der Waals surface area contributed by atoms with E-state index >= 15 is 0 Å². The molecule has 1 heterocycles. The van der Waals surface area contributed by atoms with Crippen molar-refractivity contribution in [2.75, 3.05) is 0 Å². The predicted molar refractivity (Wildman–Crippen MR) is 71.0 cm³/mol. The molecule has 2 heteroatoms. The highest BCUT2D eigenvalue weighted by Gasteiger charge is 2.44. The molecule has 0 aliphatic carbocycles. The van der Waals surface area contributed by atoms with Crippen LogP contribution in [0.4, 0.5) is 0 Å². The summed E-state index contributed by atoms with van der Waals surface area (Å²) in [5, 5.41) is 0. The number of ether oxygens (including phenoxy) is 1. The highest BCUT2D eigenvalue weighted by Crippen LogP contribution is 2.43. The smallest absolute Gasteiger partial charge is 0.145 e. The standard InChI is InChI=1S/C16H18O2/c1-5-13-10-14(17)16(3,4)15(18-13)12-8-6-11(2)7-9-12/h1,6-9,13,15H,10H2,2-4H3/t13-,15+/m0/s1. The van der Waals surface area contributed by atoms with Crippen molar-refractivity contribution >= 4 is 5.78 Å². The van der Waals surface area contributed by atoms with E-state index in [4.69, 9.17) is 11.2 Å². The Morgan fingerprint density at radius 1 is 1.33 bits per heavy atom. The summed E-state index contributed by atoms with van der Waals surface area (Å²) in [6, 6.07) is 8.07. The van der Waals surface area contributed by atoms with Gasteiger partial charge in [-0.2, -0.15) is 0 Å². The molecule has 1 saturated heterocycles. The van der Waals surface area contributed by atoms with Crippen molar-refractivity contribution in [3.8, 4) is 12.3 Å². The van der Waals surface area contributed by atoms with E-state index in [1.807, 2.05) is 45.0 Å². The first-order valence-corrected chi connectivity index (χ1v) is 6.16. The van der Waals surface area contributed by atoms with Crippen molar-refractivity contribution < 1.29 is 9.53 Å². The fourth-order valence-corrected chi connectivity index (χ4v) is 2.29. The summed E-state index contributed by atoms with van der Waals surface area (Å²) < 4.78 is 5.89. The van der Waals surface area contributed by atoms with E-state index in [-0.39, 0.29) is 11.9 Å². The Morgan fingerprint density at radius 3 is 2.50 bits per heavy atom. The first-order chi connectivity index (χ1) is 8.45. The van der Waals surface area contributed by atoms with Crippen LogP contribution in [-0.2, 0) is 9.53 Å². The number of hydrogen-bond donors (Lipinski definition) is 0. The van der Waals surface area contributed by atoms with E-state index in [1.165, 1.54) is 5.56 Å². The summed E-state index contributed by atoms with van der Waals surface area (Å²) in [4.78, 5) is 12.2. The molecule has 0 N–H and O–H groups in total. The van der Waals surface area contributed by atoms with Gasteiger partial charge < -0.3 is 4.74 Å². The number of carbonyl (C=O) groups is 1. The number of benzene rings is 1. The largest absolute Gasteiger partial charge is 0.356 e. The Labute approximate surface area is 108 Å². The Morgan fingerprint density at radius 2 is 1.94 bits per heavy atom. The Bertz CT molecular complexity index is 491. The molecular weight excluding hydrogens is 224 g/mol. The maximum atomic E-state index is 12.2. The third-order valence-electron chi connectivity index (χ3n) is 3.61. The number of carbonyl (C=O) groups excluding carboxylic acids is 1. The van der Waals surface area contributed by atoms with Crippen molar-refractivity contribution in [2.45, 2.75) is 39.4 Å². The van der Waals surface area contributed by atoms with Crippen LogP contribution in [0.2, 0.25) is 0 Å². The van der Waals surface area contributed by atoms with Gasteiger partial charge in [-0.3, -0.25) is 4.79 Å². The lowest BCUT2D eigenvalue weighted by Crippen LogP contribution is -2.42. The second-order valence-corrected chi connectivity index (χ2v) is 5.43.